The monoisotopic (exact) mass is 351 g/mol. The zero-order valence-electron chi connectivity index (χ0n) is 12.8. The normalized spacial score (nSPS) is 21.1. The minimum absolute atomic E-state index is 0.102. The van der Waals surface area contributed by atoms with Crippen LogP contribution in [0.3, 0.4) is 0 Å². The predicted octanol–water partition coefficient (Wildman–Crippen LogP) is 0.738. The average Bonchev–Trinajstić information content (AvgIpc) is 2.96. The average molecular weight is 351 g/mol. The van der Waals surface area contributed by atoms with Crippen LogP contribution in [0.5, 0.6) is 0 Å². The maximum Gasteiger partial charge on any atom is 0.324 e. The fraction of sp³-hybridized carbons (Fsp3) is 0.400. The zero-order chi connectivity index (χ0) is 16.2. The molecule has 0 saturated carbocycles. The first kappa shape index (κ1) is 16.2. The number of nitrogens with zero attached hydrogens (tertiary/aromatic N) is 2. The first-order valence-electron chi connectivity index (χ1n) is 7.42. The molecule has 1 saturated heterocycles. The smallest absolute Gasteiger partial charge is 0.324 e. The van der Waals surface area contributed by atoms with Gasteiger partial charge in [-0.15, -0.1) is 11.8 Å². The van der Waals surface area contributed by atoms with Crippen LogP contribution in [-0.2, 0) is 16.2 Å². The van der Waals surface area contributed by atoms with E-state index in [1.54, 1.807) is 11.8 Å². The van der Waals surface area contributed by atoms with Crippen molar-refractivity contribution in [1.82, 2.24) is 14.8 Å². The van der Waals surface area contributed by atoms with Gasteiger partial charge < -0.3 is 9.64 Å². The van der Waals surface area contributed by atoms with E-state index in [1.165, 1.54) is 12.0 Å². The van der Waals surface area contributed by atoms with Crippen molar-refractivity contribution in [2.45, 2.75) is 11.9 Å². The molecule has 122 valence electrons. The summed E-state index contributed by atoms with van der Waals surface area (Å²) in [6.45, 7) is 2.39. The van der Waals surface area contributed by atoms with Crippen LogP contribution in [0.15, 0.2) is 30.3 Å². The molecule has 23 heavy (non-hydrogen) atoms. The molecule has 0 spiro atoms. The van der Waals surface area contributed by atoms with Gasteiger partial charge in [-0.05, 0) is 12.2 Å². The van der Waals surface area contributed by atoms with Gasteiger partial charge in [0.25, 0.3) is 0 Å². The lowest BCUT2D eigenvalue weighted by Gasteiger charge is -2.27. The number of carbonyl (C=O) groups excluding carboxylic acids is 1. The summed E-state index contributed by atoms with van der Waals surface area (Å²) in [4.78, 5) is 17.4. The van der Waals surface area contributed by atoms with Gasteiger partial charge in [0.2, 0.25) is 4.77 Å². The maximum absolute atomic E-state index is 11.7. The Labute approximate surface area is 143 Å². The van der Waals surface area contributed by atoms with Gasteiger partial charge in [0, 0.05) is 11.3 Å². The minimum Gasteiger partial charge on any atom is -0.468 e. The molecule has 1 aliphatic heterocycles. The number of quaternary nitrogens is 1. The van der Waals surface area contributed by atoms with Crippen LogP contribution in [0.25, 0.3) is 11.4 Å². The van der Waals surface area contributed by atoms with Gasteiger partial charge in [0.05, 0.1) is 13.7 Å². The molecule has 1 fully saturated rings. The number of carbonyl (C=O) groups is 1. The Hall–Kier alpha value is -1.64. The highest BCUT2D eigenvalue weighted by Gasteiger charge is 2.30. The van der Waals surface area contributed by atoms with Crippen molar-refractivity contribution in [2.75, 3.05) is 26.0 Å². The van der Waals surface area contributed by atoms with Gasteiger partial charge in [-0.1, -0.05) is 30.3 Å². The SMILES string of the molecule is COC(=O)[C@H]1C[NH+](Cn2[nH]c(-c3ccccc3)nc2=S)CCS1. The fourth-order valence-corrected chi connectivity index (χ4v) is 4.09. The second-order valence-electron chi connectivity index (χ2n) is 5.39. The summed E-state index contributed by atoms with van der Waals surface area (Å²) in [6, 6.07) is 9.90. The molecule has 2 atom stereocenters. The Balaban J connectivity index is 1.72. The van der Waals surface area contributed by atoms with Crippen LogP contribution in [0.1, 0.15) is 0 Å². The molecule has 6 nitrogen and oxygen atoms in total. The molecule has 1 aromatic carbocycles. The van der Waals surface area contributed by atoms with Gasteiger partial charge in [0.1, 0.15) is 6.54 Å². The van der Waals surface area contributed by atoms with E-state index in [9.17, 15) is 4.79 Å². The van der Waals surface area contributed by atoms with E-state index in [-0.39, 0.29) is 11.2 Å². The molecular weight excluding hydrogens is 332 g/mol. The maximum atomic E-state index is 11.7. The Bertz CT molecular complexity index is 729. The van der Waals surface area contributed by atoms with Crippen molar-refractivity contribution in [1.29, 1.82) is 0 Å². The number of hydrogen-bond acceptors (Lipinski definition) is 5. The second-order valence-corrected chi connectivity index (χ2v) is 7.07. The van der Waals surface area contributed by atoms with Crippen molar-refractivity contribution < 1.29 is 14.4 Å². The van der Waals surface area contributed by atoms with E-state index in [2.05, 4.69) is 10.1 Å². The molecule has 0 aliphatic carbocycles. The van der Waals surface area contributed by atoms with E-state index in [1.807, 2.05) is 35.0 Å². The molecule has 1 unspecified atom stereocenters. The van der Waals surface area contributed by atoms with Crippen LogP contribution < -0.4 is 4.90 Å². The molecule has 1 aromatic heterocycles. The summed E-state index contributed by atoms with van der Waals surface area (Å²) in [5.41, 5.74) is 1.01. The lowest BCUT2D eigenvalue weighted by molar-refractivity contribution is -0.921. The highest BCUT2D eigenvalue weighted by atomic mass is 32.2. The number of H-pyrrole nitrogens is 1. The second kappa shape index (κ2) is 7.29. The summed E-state index contributed by atoms with van der Waals surface area (Å²) < 4.78 is 7.26. The topological polar surface area (TPSA) is 64.3 Å². The number of methoxy groups -OCH3 is 1. The molecule has 2 heterocycles. The van der Waals surface area contributed by atoms with Crippen LogP contribution in [0.4, 0.5) is 0 Å². The molecule has 1 aliphatic rings. The van der Waals surface area contributed by atoms with E-state index in [0.717, 1.165) is 30.2 Å². The molecule has 0 radical (unpaired) electrons. The van der Waals surface area contributed by atoms with Crippen LogP contribution in [0.2, 0.25) is 0 Å². The molecule has 0 bridgehead atoms. The number of aromatic amines is 1. The Morgan fingerprint density at radius 1 is 1.52 bits per heavy atom. The molecule has 8 heteroatoms. The minimum atomic E-state index is -0.148. The third kappa shape index (κ3) is 3.82. The quantitative estimate of drug-likeness (QED) is 0.628. The lowest BCUT2D eigenvalue weighted by Crippen LogP contribution is -3.14. The van der Waals surface area contributed by atoms with Crippen LogP contribution in [-0.4, -0.2) is 51.9 Å². The van der Waals surface area contributed by atoms with E-state index in [0.29, 0.717) is 11.4 Å². The standard InChI is InChI=1S/C15H18N4O2S2/c1-21-14(20)12-9-18(7-8-23-12)10-19-15(22)16-13(17-19)11-5-3-2-4-6-11/h2-6,12H,7-10H2,1H3,(H,16,17,22)/p+1/t12-/m1/s1. The fourth-order valence-electron chi connectivity index (χ4n) is 2.61. The largest absolute Gasteiger partial charge is 0.468 e. The third-order valence-corrected chi connectivity index (χ3v) is 5.33. The van der Waals surface area contributed by atoms with Gasteiger partial charge in [0.15, 0.2) is 17.7 Å². The Morgan fingerprint density at radius 2 is 2.30 bits per heavy atom. The Morgan fingerprint density at radius 3 is 3.04 bits per heavy atom. The first-order valence-corrected chi connectivity index (χ1v) is 8.88. The molecular formula is C15H19N4O2S2+. The summed E-state index contributed by atoms with van der Waals surface area (Å²) in [5.74, 6) is 1.55. The number of esters is 1. The number of rotatable bonds is 4. The first-order chi connectivity index (χ1) is 11.2. The molecule has 3 rings (SSSR count). The Kier molecular flexibility index (Phi) is 5.14. The van der Waals surface area contributed by atoms with Gasteiger partial charge in [-0.3, -0.25) is 9.89 Å². The van der Waals surface area contributed by atoms with Gasteiger partial charge in [-0.25, -0.2) is 4.68 Å². The summed E-state index contributed by atoms with van der Waals surface area (Å²) in [7, 11) is 1.44. The number of thioether (sulfide) groups is 1. The van der Waals surface area contributed by atoms with Gasteiger partial charge >= 0.3 is 5.97 Å². The molecule has 2 aromatic rings. The molecule has 2 N–H and O–H groups in total. The summed E-state index contributed by atoms with van der Waals surface area (Å²) >= 11 is 7.02. The zero-order valence-corrected chi connectivity index (χ0v) is 14.5. The number of aromatic nitrogens is 3. The molecule has 0 amide bonds. The summed E-state index contributed by atoms with van der Waals surface area (Å²) in [5, 5.41) is 3.16. The number of nitrogens with one attached hydrogen (secondary N) is 2. The van der Waals surface area contributed by atoms with E-state index in [4.69, 9.17) is 17.0 Å². The van der Waals surface area contributed by atoms with Crippen LogP contribution in [0, 0.1) is 4.77 Å². The number of benzene rings is 1. The number of ether oxygens (including phenoxy) is 1. The van der Waals surface area contributed by atoms with Crippen molar-refractivity contribution in [3.8, 4) is 11.4 Å². The summed E-state index contributed by atoms with van der Waals surface area (Å²) in [6.07, 6.45) is 0. The highest BCUT2D eigenvalue weighted by molar-refractivity contribution is 8.00. The van der Waals surface area contributed by atoms with Crippen LogP contribution >= 0.6 is 24.0 Å². The van der Waals surface area contributed by atoms with E-state index < -0.39 is 0 Å². The van der Waals surface area contributed by atoms with E-state index >= 15 is 0 Å². The van der Waals surface area contributed by atoms with Crippen molar-refractivity contribution >= 4 is 29.9 Å². The van der Waals surface area contributed by atoms with Gasteiger partial charge in [-0.2, -0.15) is 4.98 Å². The highest BCUT2D eigenvalue weighted by Crippen LogP contribution is 2.14. The third-order valence-electron chi connectivity index (χ3n) is 3.82. The van der Waals surface area contributed by atoms with Crippen molar-refractivity contribution in [3.05, 3.63) is 35.1 Å². The van der Waals surface area contributed by atoms with Crippen molar-refractivity contribution in [2.24, 2.45) is 0 Å². The predicted molar refractivity (Wildman–Crippen MR) is 91.8 cm³/mol. The lowest BCUT2D eigenvalue weighted by atomic mass is 10.2. The van der Waals surface area contributed by atoms with Crippen molar-refractivity contribution in [3.63, 3.8) is 0 Å². The number of hydrogen-bond donors (Lipinski definition) is 2.